The van der Waals surface area contributed by atoms with E-state index in [0.29, 0.717) is 17.1 Å². The molecule has 1 unspecified atom stereocenters. The number of hydrogen-bond acceptors (Lipinski definition) is 5. The summed E-state index contributed by atoms with van der Waals surface area (Å²) in [6.07, 6.45) is 0. The normalized spacial score (nSPS) is 14.2. The van der Waals surface area contributed by atoms with Gasteiger partial charge < -0.3 is 15.5 Å². The van der Waals surface area contributed by atoms with Crippen LogP contribution in [-0.2, 0) is 7.05 Å². The number of nitriles is 1. The largest absolute Gasteiger partial charge is 0.393 e. The average Bonchev–Trinajstić information content (AvgIpc) is 2.50. The standard InChI is InChI=1S/C10H16N4O2/c1-7-8(4-11)9(14(3)13-7)12-5-10(2,16)6-15/h12,15-16H,5-6H2,1-3H3. The Kier molecular flexibility index (Phi) is 3.52. The maximum Gasteiger partial charge on any atom is 0.142 e. The monoisotopic (exact) mass is 224 g/mol. The van der Waals surface area contributed by atoms with Crippen molar-refractivity contribution in [3.8, 4) is 6.07 Å². The Bertz CT molecular complexity index is 417. The number of nitrogens with zero attached hydrogens (tertiary/aromatic N) is 3. The summed E-state index contributed by atoms with van der Waals surface area (Å²) in [5, 5.41) is 34.5. The SMILES string of the molecule is Cc1nn(C)c(NCC(C)(O)CO)c1C#N. The van der Waals surface area contributed by atoms with Crippen LogP contribution in [0, 0.1) is 18.3 Å². The molecule has 16 heavy (non-hydrogen) atoms. The molecule has 1 heterocycles. The highest BCUT2D eigenvalue weighted by Crippen LogP contribution is 2.18. The molecule has 0 radical (unpaired) electrons. The Morgan fingerprint density at radius 3 is 2.75 bits per heavy atom. The van der Waals surface area contributed by atoms with Crippen molar-refractivity contribution in [3.63, 3.8) is 0 Å². The average molecular weight is 224 g/mol. The number of rotatable bonds is 4. The lowest BCUT2D eigenvalue weighted by molar-refractivity contribution is 0.0131. The first kappa shape index (κ1) is 12.5. The third-order valence-electron chi connectivity index (χ3n) is 2.31. The van der Waals surface area contributed by atoms with Crippen LogP contribution in [0.3, 0.4) is 0 Å². The highest BCUT2D eigenvalue weighted by atomic mass is 16.3. The van der Waals surface area contributed by atoms with Crippen LogP contribution in [0.1, 0.15) is 18.2 Å². The van der Waals surface area contributed by atoms with Crippen LogP contribution in [0.25, 0.3) is 0 Å². The molecule has 0 spiro atoms. The van der Waals surface area contributed by atoms with E-state index in [2.05, 4.69) is 10.4 Å². The van der Waals surface area contributed by atoms with Crippen LogP contribution in [0.4, 0.5) is 5.82 Å². The van der Waals surface area contributed by atoms with Gasteiger partial charge in [0.25, 0.3) is 0 Å². The molecule has 0 aliphatic heterocycles. The van der Waals surface area contributed by atoms with Crippen LogP contribution < -0.4 is 5.32 Å². The van der Waals surface area contributed by atoms with E-state index < -0.39 is 5.60 Å². The number of hydrogen-bond donors (Lipinski definition) is 3. The maximum absolute atomic E-state index is 9.62. The van der Waals surface area contributed by atoms with Gasteiger partial charge >= 0.3 is 0 Å². The smallest absolute Gasteiger partial charge is 0.142 e. The molecule has 1 atom stereocenters. The van der Waals surface area contributed by atoms with Crippen LogP contribution >= 0.6 is 0 Å². The van der Waals surface area contributed by atoms with Gasteiger partial charge in [-0.25, -0.2) is 0 Å². The van der Waals surface area contributed by atoms with Gasteiger partial charge in [-0.05, 0) is 13.8 Å². The van der Waals surface area contributed by atoms with Crippen molar-refractivity contribution in [3.05, 3.63) is 11.3 Å². The quantitative estimate of drug-likeness (QED) is 0.656. The highest BCUT2D eigenvalue weighted by molar-refractivity contribution is 5.55. The molecule has 0 saturated carbocycles. The van der Waals surface area contributed by atoms with Crippen LogP contribution in [0.2, 0.25) is 0 Å². The summed E-state index contributed by atoms with van der Waals surface area (Å²) in [7, 11) is 1.71. The minimum absolute atomic E-state index is 0.150. The Morgan fingerprint density at radius 2 is 2.25 bits per heavy atom. The van der Waals surface area contributed by atoms with Gasteiger partial charge in [0.15, 0.2) is 0 Å². The van der Waals surface area contributed by atoms with Gasteiger partial charge in [-0.1, -0.05) is 0 Å². The number of aliphatic hydroxyl groups excluding tert-OH is 1. The molecule has 1 aromatic heterocycles. The number of aryl methyl sites for hydroxylation is 2. The van der Waals surface area contributed by atoms with Crippen molar-refractivity contribution in [1.82, 2.24) is 9.78 Å². The van der Waals surface area contributed by atoms with Gasteiger partial charge in [-0.15, -0.1) is 0 Å². The molecule has 0 aliphatic carbocycles. The molecule has 3 N–H and O–H groups in total. The molecule has 0 fully saturated rings. The first-order valence-corrected chi connectivity index (χ1v) is 4.92. The molecular formula is C10H16N4O2. The van der Waals surface area contributed by atoms with E-state index >= 15 is 0 Å². The molecule has 6 heteroatoms. The zero-order chi connectivity index (χ0) is 12.3. The summed E-state index contributed by atoms with van der Waals surface area (Å²) < 4.78 is 1.54. The Labute approximate surface area is 94.1 Å². The van der Waals surface area contributed by atoms with Gasteiger partial charge in [0.05, 0.1) is 12.3 Å². The summed E-state index contributed by atoms with van der Waals surface area (Å²) >= 11 is 0. The Balaban J connectivity index is 2.86. The van der Waals surface area contributed by atoms with Gasteiger partial charge in [0, 0.05) is 13.6 Å². The summed E-state index contributed by atoms with van der Waals surface area (Å²) in [4.78, 5) is 0. The van der Waals surface area contributed by atoms with Gasteiger partial charge in [-0.2, -0.15) is 10.4 Å². The zero-order valence-electron chi connectivity index (χ0n) is 9.65. The molecule has 6 nitrogen and oxygen atoms in total. The molecule has 1 aromatic rings. The lowest BCUT2D eigenvalue weighted by Gasteiger charge is -2.21. The van der Waals surface area contributed by atoms with E-state index in [9.17, 15) is 5.11 Å². The van der Waals surface area contributed by atoms with Crippen molar-refractivity contribution in [2.24, 2.45) is 7.05 Å². The summed E-state index contributed by atoms with van der Waals surface area (Å²) in [6.45, 7) is 3.05. The van der Waals surface area contributed by atoms with Crippen LogP contribution in [-0.4, -0.2) is 38.7 Å². The predicted molar refractivity (Wildman–Crippen MR) is 58.9 cm³/mol. The predicted octanol–water partition coefficient (Wildman–Crippen LogP) is -0.245. The molecule has 0 aliphatic rings. The summed E-state index contributed by atoms with van der Waals surface area (Å²) in [6, 6.07) is 2.05. The molecule has 0 bridgehead atoms. The fourth-order valence-corrected chi connectivity index (χ4v) is 1.32. The van der Waals surface area contributed by atoms with E-state index in [0.717, 1.165) is 0 Å². The number of aliphatic hydroxyl groups is 2. The second-order valence-corrected chi connectivity index (χ2v) is 4.05. The Hall–Kier alpha value is -1.58. The third kappa shape index (κ3) is 2.51. The van der Waals surface area contributed by atoms with Crippen molar-refractivity contribution in [1.29, 1.82) is 5.26 Å². The fourth-order valence-electron chi connectivity index (χ4n) is 1.32. The minimum atomic E-state index is -1.22. The number of anilines is 1. The van der Waals surface area contributed by atoms with Gasteiger partial charge in [0.2, 0.25) is 0 Å². The number of nitrogens with one attached hydrogen (secondary N) is 1. The van der Waals surface area contributed by atoms with Crippen molar-refractivity contribution in [2.75, 3.05) is 18.5 Å². The van der Waals surface area contributed by atoms with E-state index in [1.807, 2.05) is 6.07 Å². The van der Waals surface area contributed by atoms with Gasteiger partial charge in [-0.3, -0.25) is 4.68 Å². The van der Waals surface area contributed by atoms with E-state index in [1.54, 1.807) is 18.7 Å². The van der Waals surface area contributed by atoms with Crippen LogP contribution in [0.5, 0.6) is 0 Å². The van der Waals surface area contributed by atoms with E-state index in [1.165, 1.54) is 6.92 Å². The van der Waals surface area contributed by atoms with E-state index in [4.69, 9.17) is 10.4 Å². The van der Waals surface area contributed by atoms with Crippen molar-refractivity contribution >= 4 is 5.82 Å². The molecule has 0 amide bonds. The lowest BCUT2D eigenvalue weighted by Crippen LogP contribution is -2.37. The Morgan fingerprint density at radius 1 is 1.62 bits per heavy atom. The summed E-state index contributed by atoms with van der Waals surface area (Å²) in [5.41, 5.74) is -0.127. The molecule has 0 aromatic carbocycles. The molecule has 88 valence electrons. The second kappa shape index (κ2) is 4.51. The lowest BCUT2D eigenvalue weighted by atomic mass is 10.1. The minimum Gasteiger partial charge on any atom is -0.393 e. The van der Waals surface area contributed by atoms with Crippen molar-refractivity contribution in [2.45, 2.75) is 19.4 Å². The molecular weight excluding hydrogens is 208 g/mol. The zero-order valence-corrected chi connectivity index (χ0v) is 9.65. The van der Waals surface area contributed by atoms with Crippen molar-refractivity contribution < 1.29 is 10.2 Å². The van der Waals surface area contributed by atoms with Crippen LogP contribution in [0.15, 0.2) is 0 Å². The first-order valence-electron chi connectivity index (χ1n) is 4.92. The first-order chi connectivity index (χ1) is 7.41. The topological polar surface area (TPSA) is 94.1 Å². The molecule has 0 saturated heterocycles. The molecule has 1 rings (SSSR count). The maximum atomic E-state index is 9.62. The van der Waals surface area contributed by atoms with E-state index in [-0.39, 0.29) is 13.2 Å². The number of aromatic nitrogens is 2. The second-order valence-electron chi connectivity index (χ2n) is 4.05. The highest BCUT2D eigenvalue weighted by Gasteiger charge is 2.21. The van der Waals surface area contributed by atoms with Gasteiger partial charge in [0.1, 0.15) is 23.1 Å². The fraction of sp³-hybridized carbons (Fsp3) is 0.600. The summed E-state index contributed by atoms with van der Waals surface area (Å²) in [5.74, 6) is 0.550. The third-order valence-corrected chi connectivity index (χ3v) is 2.31.